The average molecular weight is 462 g/mol. The lowest BCUT2D eigenvalue weighted by Crippen LogP contribution is -2.46. The molecule has 0 aliphatic heterocycles. The minimum absolute atomic E-state index is 0.189. The number of hydrogen-bond acceptors (Lipinski definition) is 5. The van der Waals surface area contributed by atoms with E-state index in [1.54, 1.807) is 18.2 Å². The molecule has 7 nitrogen and oxygen atoms in total. The molecule has 0 bridgehead atoms. The van der Waals surface area contributed by atoms with E-state index in [0.29, 0.717) is 30.7 Å². The van der Waals surface area contributed by atoms with Gasteiger partial charge in [-0.2, -0.15) is 0 Å². The Hall–Kier alpha value is -3.58. The van der Waals surface area contributed by atoms with Crippen molar-refractivity contribution in [2.24, 2.45) is 0 Å². The number of unbranched alkanes of at least 4 members (excludes halogenated alkanes) is 1. The number of rotatable bonds is 12. The van der Waals surface area contributed by atoms with Crippen molar-refractivity contribution in [3.8, 4) is 5.75 Å². The maximum absolute atomic E-state index is 12.8. The van der Waals surface area contributed by atoms with E-state index in [2.05, 4.69) is 16.0 Å². The van der Waals surface area contributed by atoms with Crippen LogP contribution in [0.5, 0.6) is 5.75 Å². The first kappa shape index (κ1) is 23.6. The Morgan fingerprint density at radius 2 is 1.88 bits per heavy atom. The summed E-state index contributed by atoms with van der Waals surface area (Å²) < 4.78 is 5.17. The molecule has 1 fully saturated rings. The van der Waals surface area contributed by atoms with Gasteiger partial charge in [-0.05, 0) is 67.6 Å². The van der Waals surface area contributed by atoms with Crippen molar-refractivity contribution in [2.45, 2.75) is 50.2 Å². The Bertz CT molecular complexity index is 1070. The largest absolute Gasteiger partial charge is 0.508 e. The molecule has 1 aliphatic carbocycles. The molecule has 178 valence electrons. The summed E-state index contributed by atoms with van der Waals surface area (Å²) in [5.74, 6) is 0.333. The number of phenols is 1. The average Bonchev–Trinajstić information content (AvgIpc) is 3.41. The number of carbonyl (C=O) groups is 2. The molecule has 1 saturated carbocycles. The van der Waals surface area contributed by atoms with Gasteiger partial charge in [-0.3, -0.25) is 9.59 Å². The lowest BCUT2D eigenvalue weighted by Gasteiger charge is -2.18. The molecule has 3 unspecified atom stereocenters. The Balaban J connectivity index is 1.22. The molecule has 7 heteroatoms. The van der Waals surface area contributed by atoms with Crippen LogP contribution in [0.25, 0.3) is 0 Å². The second-order valence-corrected chi connectivity index (χ2v) is 8.70. The highest BCUT2D eigenvalue weighted by Gasteiger charge is 2.37. The summed E-state index contributed by atoms with van der Waals surface area (Å²) >= 11 is 0. The van der Waals surface area contributed by atoms with Crippen LogP contribution in [-0.2, 0) is 11.3 Å². The van der Waals surface area contributed by atoms with E-state index in [9.17, 15) is 14.7 Å². The fourth-order valence-corrected chi connectivity index (χ4v) is 4.12. The smallest absolute Gasteiger partial charge is 0.287 e. The molecule has 1 aromatic heterocycles. The van der Waals surface area contributed by atoms with Gasteiger partial charge in [0.1, 0.15) is 11.8 Å². The molecule has 1 aliphatic rings. The summed E-state index contributed by atoms with van der Waals surface area (Å²) in [6.45, 7) is 1.25. The number of amides is 2. The van der Waals surface area contributed by atoms with Gasteiger partial charge in [0, 0.05) is 18.5 Å². The number of phenolic OH excluding ortho intramolecular Hbond substituents is 1. The molecule has 4 N–H and O–H groups in total. The van der Waals surface area contributed by atoms with Gasteiger partial charge in [0.05, 0.1) is 6.26 Å². The summed E-state index contributed by atoms with van der Waals surface area (Å²) in [6, 6.07) is 20.1. The van der Waals surface area contributed by atoms with Crippen LogP contribution in [0.3, 0.4) is 0 Å². The summed E-state index contributed by atoms with van der Waals surface area (Å²) in [4.78, 5) is 25.3. The second kappa shape index (κ2) is 11.5. The van der Waals surface area contributed by atoms with Gasteiger partial charge in [0.25, 0.3) is 5.91 Å². The SMILES string of the molecule is O=C(NC(CCCCNC1CC1c1cccc(O)c1)C(=O)NCc1ccccc1)c1ccco1. The lowest BCUT2D eigenvalue weighted by atomic mass is 10.1. The van der Waals surface area contributed by atoms with Crippen molar-refractivity contribution in [2.75, 3.05) is 6.54 Å². The number of aromatic hydroxyl groups is 1. The van der Waals surface area contributed by atoms with Crippen LogP contribution in [0.1, 0.15) is 53.3 Å². The molecular formula is C27H31N3O4. The molecule has 2 aromatic carbocycles. The maximum Gasteiger partial charge on any atom is 0.287 e. The van der Waals surface area contributed by atoms with E-state index in [1.165, 1.54) is 6.26 Å². The lowest BCUT2D eigenvalue weighted by molar-refractivity contribution is -0.123. The Morgan fingerprint density at radius 3 is 2.65 bits per heavy atom. The normalized spacial score (nSPS) is 17.6. The van der Waals surface area contributed by atoms with E-state index in [-0.39, 0.29) is 11.7 Å². The molecule has 1 heterocycles. The summed E-state index contributed by atoms with van der Waals surface area (Å²) in [5, 5.41) is 18.9. The summed E-state index contributed by atoms with van der Waals surface area (Å²) in [5.41, 5.74) is 2.16. The molecule has 3 atom stereocenters. The van der Waals surface area contributed by atoms with Gasteiger partial charge >= 0.3 is 0 Å². The minimum atomic E-state index is -0.637. The molecule has 0 saturated heterocycles. The van der Waals surface area contributed by atoms with E-state index < -0.39 is 11.9 Å². The van der Waals surface area contributed by atoms with Crippen LogP contribution < -0.4 is 16.0 Å². The van der Waals surface area contributed by atoms with Crippen LogP contribution in [0, 0.1) is 0 Å². The number of hydrogen-bond donors (Lipinski definition) is 4. The quantitative estimate of drug-likeness (QED) is 0.308. The van der Waals surface area contributed by atoms with Gasteiger partial charge < -0.3 is 25.5 Å². The zero-order valence-corrected chi connectivity index (χ0v) is 19.1. The standard InChI is InChI=1S/C27H31N3O4/c31-21-11-6-10-20(16-21)22-17-24(22)28-14-5-4-12-23(30-27(33)25-13-7-15-34-25)26(32)29-18-19-8-2-1-3-9-19/h1-3,6-11,13,15-16,22-24,28,31H,4-5,12,14,17-18H2,(H,29,32)(H,30,33). The Morgan fingerprint density at radius 1 is 1.03 bits per heavy atom. The van der Waals surface area contributed by atoms with E-state index in [1.807, 2.05) is 48.5 Å². The number of nitrogens with one attached hydrogen (secondary N) is 3. The molecule has 0 spiro atoms. The van der Waals surface area contributed by atoms with Gasteiger partial charge in [0.15, 0.2) is 5.76 Å². The molecular weight excluding hydrogens is 430 g/mol. The van der Waals surface area contributed by atoms with Crippen molar-refractivity contribution in [3.05, 3.63) is 89.9 Å². The van der Waals surface area contributed by atoms with Crippen molar-refractivity contribution in [1.82, 2.24) is 16.0 Å². The Kier molecular flexibility index (Phi) is 7.99. The molecule has 3 aromatic rings. The number of carbonyl (C=O) groups excluding carboxylic acids is 2. The first-order chi connectivity index (χ1) is 16.6. The van der Waals surface area contributed by atoms with Crippen molar-refractivity contribution >= 4 is 11.8 Å². The van der Waals surface area contributed by atoms with Crippen LogP contribution >= 0.6 is 0 Å². The van der Waals surface area contributed by atoms with Gasteiger partial charge in [0.2, 0.25) is 5.91 Å². The highest BCUT2D eigenvalue weighted by atomic mass is 16.3. The third-order valence-electron chi connectivity index (χ3n) is 6.09. The van der Waals surface area contributed by atoms with Crippen LogP contribution in [-0.4, -0.2) is 35.5 Å². The van der Waals surface area contributed by atoms with E-state index in [0.717, 1.165) is 36.9 Å². The summed E-state index contributed by atoms with van der Waals surface area (Å²) in [7, 11) is 0. The zero-order valence-electron chi connectivity index (χ0n) is 19.1. The van der Waals surface area contributed by atoms with Crippen LogP contribution in [0.2, 0.25) is 0 Å². The molecule has 0 radical (unpaired) electrons. The third kappa shape index (κ3) is 6.71. The summed E-state index contributed by atoms with van der Waals surface area (Å²) in [6.07, 6.45) is 4.72. The second-order valence-electron chi connectivity index (χ2n) is 8.70. The fourth-order valence-electron chi connectivity index (χ4n) is 4.12. The first-order valence-corrected chi connectivity index (χ1v) is 11.8. The predicted octanol–water partition coefficient (Wildman–Crippen LogP) is 3.72. The number of furan rings is 1. The highest BCUT2D eigenvalue weighted by molar-refractivity contribution is 5.95. The molecule has 34 heavy (non-hydrogen) atoms. The topological polar surface area (TPSA) is 104 Å². The van der Waals surface area contributed by atoms with Crippen LogP contribution in [0.4, 0.5) is 0 Å². The van der Waals surface area contributed by atoms with Gasteiger partial charge in [-0.1, -0.05) is 42.5 Å². The third-order valence-corrected chi connectivity index (χ3v) is 6.09. The number of benzene rings is 2. The first-order valence-electron chi connectivity index (χ1n) is 11.8. The Labute approximate surface area is 199 Å². The van der Waals surface area contributed by atoms with Crippen molar-refractivity contribution < 1.29 is 19.1 Å². The molecule has 2 amide bonds. The minimum Gasteiger partial charge on any atom is -0.508 e. The monoisotopic (exact) mass is 461 g/mol. The van der Waals surface area contributed by atoms with Gasteiger partial charge in [-0.15, -0.1) is 0 Å². The maximum atomic E-state index is 12.8. The van der Waals surface area contributed by atoms with Crippen LogP contribution in [0.15, 0.2) is 77.4 Å². The van der Waals surface area contributed by atoms with Crippen molar-refractivity contribution in [3.63, 3.8) is 0 Å². The zero-order chi connectivity index (χ0) is 23.8. The van der Waals surface area contributed by atoms with Gasteiger partial charge in [-0.25, -0.2) is 0 Å². The van der Waals surface area contributed by atoms with Crippen molar-refractivity contribution in [1.29, 1.82) is 0 Å². The van der Waals surface area contributed by atoms with E-state index in [4.69, 9.17) is 4.42 Å². The predicted molar refractivity (Wildman–Crippen MR) is 129 cm³/mol. The fraction of sp³-hybridized carbons (Fsp3) is 0.333. The molecule has 4 rings (SSSR count). The van der Waals surface area contributed by atoms with E-state index >= 15 is 0 Å². The highest BCUT2D eigenvalue weighted by Crippen LogP contribution is 2.41.